The number of pyridine rings is 1. The van der Waals surface area contributed by atoms with Crippen LogP contribution in [0.25, 0.3) is 10.9 Å². The van der Waals surface area contributed by atoms with Crippen molar-refractivity contribution < 1.29 is 4.74 Å². The van der Waals surface area contributed by atoms with Gasteiger partial charge in [0.15, 0.2) is 0 Å². The molecule has 4 heteroatoms. The van der Waals surface area contributed by atoms with E-state index >= 15 is 0 Å². The van der Waals surface area contributed by atoms with E-state index in [1.165, 1.54) is 5.39 Å². The fraction of sp³-hybridized carbons (Fsp3) is 0.400. The lowest BCUT2D eigenvalue weighted by molar-refractivity contribution is 0.0818. The van der Waals surface area contributed by atoms with Crippen molar-refractivity contribution in [2.24, 2.45) is 0 Å². The van der Waals surface area contributed by atoms with E-state index in [-0.39, 0.29) is 0 Å². The normalized spacial score (nSPS) is 17.1. The van der Waals surface area contributed by atoms with Gasteiger partial charge in [0.25, 0.3) is 0 Å². The van der Waals surface area contributed by atoms with Crippen molar-refractivity contribution in [1.29, 1.82) is 0 Å². The molecule has 3 rings (SSSR count). The van der Waals surface area contributed by atoms with E-state index < -0.39 is 0 Å². The number of benzene rings is 1. The largest absolute Gasteiger partial charge is 0.381 e. The number of para-hydroxylation sites is 1. The zero-order valence-electron chi connectivity index (χ0n) is 11.0. The second kappa shape index (κ2) is 5.47. The second-order valence-electron chi connectivity index (χ2n) is 4.90. The molecule has 1 aliphatic heterocycles. The number of rotatable bonds is 2. The fourth-order valence-corrected chi connectivity index (χ4v) is 3.07. The second-order valence-corrected chi connectivity index (χ2v) is 5.76. The zero-order chi connectivity index (χ0) is 13.2. The molecule has 0 unspecified atom stereocenters. The molecule has 1 aromatic carbocycles. The summed E-state index contributed by atoms with van der Waals surface area (Å²) in [6.45, 7) is 2.03. The molecule has 1 aromatic heterocycles. The average Bonchev–Trinajstić information content (AvgIpc) is 2.47. The van der Waals surface area contributed by atoms with Crippen LogP contribution in [-0.4, -0.2) is 31.3 Å². The molecule has 2 aromatic rings. The zero-order valence-corrected chi connectivity index (χ0v) is 12.6. The number of fused-ring (bicyclic) bond motifs is 1. The Balaban J connectivity index is 1.87. The summed E-state index contributed by atoms with van der Waals surface area (Å²) in [5.41, 5.74) is 1.04. The lowest BCUT2D eigenvalue weighted by atomic mass is 10.1. The minimum atomic E-state index is 0.406. The number of methoxy groups -OCH3 is 1. The average molecular weight is 321 g/mol. The van der Waals surface area contributed by atoms with Crippen LogP contribution in [0.15, 0.2) is 34.8 Å². The molecule has 3 nitrogen and oxygen atoms in total. The van der Waals surface area contributed by atoms with Crippen LogP contribution < -0.4 is 4.90 Å². The molecule has 0 bridgehead atoms. The number of nitrogens with zero attached hydrogens (tertiary/aromatic N) is 2. The molecule has 1 saturated heterocycles. The molecule has 0 spiro atoms. The minimum Gasteiger partial charge on any atom is -0.381 e. The highest BCUT2D eigenvalue weighted by Gasteiger charge is 2.19. The third kappa shape index (κ3) is 2.60. The number of hydrogen-bond donors (Lipinski definition) is 0. The summed E-state index contributed by atoms with van der Waals surface area (Å²) in [6.07, 6.45) is 2.56. The predicted molar refractivity (Wildman–Crippen MR) is 81.7 cm³/mol. The van der Waals surface area contributed by atoms with Crippen molar-refractivity contribution in [2.75, 3.05) is 25.1 Å². The van der Waals surface area contributed by atoms with Crippen LogP contribution in [-0.2, 0) is 4.74 Å². The Labute approximate surface area is 121 Å². The van der Waals surface area contributed by atoms with Crippen molar-refractivity contribution in [3.8, 4) is 0 Å². The maximum absolute atomic E-state index is 5.41. The van der Waals surface area contributed by atoms with Gasteiger partial charge in [-0.15, -0.1) is 0 Å². The van der Waals surface area contributed by atoms with E-state index in [2.05, 4.69) is 39.0 Å². The molecule has 19 heavy (non-hydrogen) atoms. The van der Waals surface area contributed by atoms with Gasteiger partial charge < -0.3 is 9.64 Å². The number of halogens is 1. The smallest absolute Gasteiger partial charge is 0.129 e. The van der Waals surface area contributed by atoms with E-state index in [9.17, 15) is 0 Å². The Hall–Kier alpha value is -1.13. The monoisotopic (exact) mass is 320 g/mol. The van der Waals surface area contributed by atoms with Crippen LogP contribution in [0.3, 0.4) is 0 Å². The SMILES string of the molecule is COC1CCN(c2ccc3cccc(Br)c3n2)CC1. The predicted octanol–water partition coefficient (Wildman–Crippen LogP) is 3.61. The first-order valence-electron chi connectivity index (χ1n) is 6.61. The molecule has 1 fully saturated rings. The number of ether oxygens (including phenoxy) is 1. The summed E-state index contributed by atoms with van der Waals surface area (Å²) in [5.74, 6) is 1.06. The van der Waals surface area contributed by atoms with Gasteiger partial charge in [0, 0.05) is 30.1 Å². The summed E-state index contributed by atoms with van der Waals surface area (Å²) >= 11 is 3.57. The van der Waals surface area contributed by atoms with Gasteiger partial charge in [0.05, 0.1) is 11.6 Å². The molecule has 0 aliphatic carbocycles. The number of piperidine rings is 1. The van der Waals surface area contributed by atoms with E-state index in [0.29, 0.717) is 6.10 Å². The van der Waals surface area contributed by atoms with Crippen molar-refractivity contribution >= 4 is 32.7 Å². The molecule has 0 N–H and O–H groups in total. The highest BCUT2D eigenvalue weighted by molar-refractivity contribution is 9.10. The maximum Gasteiger partial charge on any atom is 0.129 e. The van der Waals surface area contributed by atoms with Gasteiger partial charge in [-0.25, -0.2) is 4.98 Å². The summed E-state index contributed by atoms with van der Waals surface area (Å²) < 4.78 is 6.46. The van der Waals surface area contributed by atoms with E-state index in [1.54, 1.807) is 7.11 Å². The number of aromatic nitrogens is 1. The Kier molecular flexibility index (Phi) is 3.71. The van der Waals surface area contributed by atoms with Gasteiger partial charge in [0.1, 0.15) is 5.82 Å². The molecular weight excluding hydrogens is 304 g/mol. The Morgan fingerprint density at radius 3 is 2.74 bits per heavy atom. The first-order chi connectivity index (χ1) is 9.28. The molecule has 0 radical (unpaired) electrons. The molecule has 1 aliphatic rings. The minimum absolute atomic E-state index is 0.406. The molecule has 0 amide bonds. The Morgan fingerprint density at radius 1 is 1.21 bits per heavy atom. The highest BCUT2D eigenvalue weighted by atomic mass is 79.9. The van der Waals surface area contributed by atoms with Crippen LogP contribution in [0.1, 0.15) is 12.8 Å². The summed E-state index contributed by atoms with van der Waals surface area (Å²) in [7, 11) is 1.80. The van der Waals surface area contributed by atoms with Crippen molar-refractivity contribution in [3.63, 3.8) is 0 Å². The van der Waals surface area contributed by atoms with Crippen LogP contribution in [0, 0.1) is 0 Å². The lowest BCUT2D eigenvalue weighted by Gasteiger charge is -2.32. The fourth-order valence-electron chi connectivity index (χ4n) is 2.60. The highest BCUT2D eigenvalue weighted by Crippen LogP contribution is 2.26. The Bertz CT molecular complexity index is 579. The van der Waals surface area contributed by atoms with E-state index in [1.807, 2.05) is 12.1 Å². The van der Waals surface area contributed by atoms with Crippen LogP contribution in [0.2, 0.25) is 0 Å². The molecule has 0 atom stereocenters. The quantitative estimate of drug-likeness (QED) is 0.845. The van der Waals surface area contributed by atoms with Crippen molar-refractivity contribution in [1.82, 2.24) is 4.98 Å². The van der Waals surface area contributed by atoms with E-state index in [0.717, 1.165) is 41.7 Å². The molecular formula is C15H17BrN2O. The topological polar surface area (TPSA) is 25.4 Å². The molecule has 2 heterocycles. The first kappa shape index (κ1) is 12.9. The van der Waals surface area contributed by atoms with Gasteiger partial charge in [0.2, 0.25) is 0 Å². The van der Waals surface area contributed by atoms with Crippen molar-refractivity contribution in [3.05, 3.63) is 34.8 Å². The maximum atomic E-state index is 5.41. The third-order valence-corrected chi connectivity index (χ3v) is 4.40. The van der Waals surface area contributed by atoms with Gasteiger partial charge in [-0.05, 0) is 47.0 Å². The first-order valence-corrected chi connectivity index (χ1v) is 7.40. The van der Waals surface area contributed by atoms with Gasteiger partial charge >= 0.3 is 0 Å². The number of anilines is 1. The summed E-state index contributed by atoms with van der Waals surface area (Å²) in [4.78, 5) is 7.13. The standard InChI is InChI=1S/C15H17BrN2O/c1-19-12-7-9-18(10-8-12)14-6-5-11-3-2-4-13(16)15(11)17-14/h2-6,12H,7-10H2,1H3. The van der Waals surface area contributed by atoms with Gasteiger partial charge in [-0.1, -0.05) is 12.1 Å². The summed E-state index contributed by atoms with van der Waals surface area (Å²) in [5, 5.41) is 1.17. The van der Waals surface area contributed by atoms with Crippen LogP contribution >= 0.6 is 15.9 Å². The van der Waals surface area contributed by atoms with Gasteiger partial charge in [-0.3, -0.25) is 0 Å². The van der Waals surface area contributed by atoms with Crippen molar-refractivity contribution in [2.45, 2.75) is 18.9 Å². The lowest BCUT2D eigenvalue weighted by Crippen LogP contribution is -2.37. The van der Waals surface area contributed by atoms with Crippen LogP contribution in [0.4, 0.5) is 5.82 Å². The molecule has 0 saturated carbocycles. The Morgan fingerprint density at radius 2 is 2.00 bits per heavy atom. The van der Waals surface area contributed by atoms with Crippen LogP contribution in [0.5, 0.6) is 0 Å². The van der Waals surface area contributed by atoms with E-state index in [4.69, 9.17) is 9.72 Å². The number of hydrogen-bond acceptors (Lipinski definition) is 3. The summed E-state index contributed by atoms with van der Waals surface area (Å²) in [6, 6.07) is 10.4. The third-order valence-electron chi connectivity index (χ3n) is 3.76. The van der Waals surface area contributed by atoms with Gasteiger partial charge in [-0.2, -0.15) is 0 Å². The molecule has 100 valence electrons.